The number of hydrogen-bond acceptors (Lipinski definition) is 7. The predicted molar refractivity (Wildman–Crippen MR) is 101 cm³/mol. The second-order valence-corrected chi connectivity index (χ2v) is 7.08. The van der Waals surface area contributed by atoms with Crippen LogP contribution in [0.3, 0.4) is 0 Å². The topological polar surface area (TPSA) is 102 Å². The summed E-state index contributed by atoms with van der Waals surface area (Å²) in [6.45, 7) is 1.99. The number of fused-ring (bicyclic) bond motifs is 1. The van der Waals surface area contributed by atoms with E-state index in [1.165, 1.54) is 4.90 Å². The van der Waals surface area contributed by atoms with Crippen LogP contribution in [0, 0.1) is 5.82 Å². The van der Waals surface area contributed by atoms with Crippen LogP contribution in [0.5, 0.6) is 0 Å². The van der Waals surface area contributed by atoms with Gasteiger partial charge in [0.15, 0.2) is 0 Å². The van der Waals surface area contributed by atoms with Gasteiger partial charge in [0.05, 0.1) is 22.9 Å². The second kappa shape index (κ2) is 8.97. The summed E-state index contributed by atoms with van der Waals surface area (Å²) in [4.78, 5) is 51.8. The zero-order valence-electron chi connectivity index (χ0n) is 16.4. The Morgan fingerprint density at radius 2 is 2.03 bits per heavy atom. The van der Waals surface area contributed by atoms with Crippen LogP contribution in [0.4, 0.5) is 14.9 Å². The van der Waals surface area contributed by atoms with Crippen molar-refractivity contribution in [2.75, 3.05) is 25.2 Å². The third-order valence-corrected chi connectivity index (χ3v) is 5.16. The number of hydrogen-bond donors (Lipinski definition) is 0. The smallest absolute Gasteiger partial charge is 0.376 e. The minimum Gasteiger partial charge on any atom is -0.461 e. The number of carbonyl (C=O) groups is 4. The third kappa shape index (κ3) is 3.97. The number of methoxy groups -OCH3 is 1. The number of halogens is 2. The zero-order valence-corrected chi connectivity index (χ0v) is 17.1. The van der Waals surface area contributed by atoms with Crippen molar-refractivity contribution in [3.05, 3.63) is 28.5 Å². The molecule has 2 heterocycles. The van der Waals surface area contributed by atoms with E-state index >= 15 is 0 Å². The molecule has 11 heteroatoms. The van der Waals surface area contributed by atoms with E-state index in [-0.39, 0.29) is 17.2 Å². The first-order chi connectivity index (χ1) is 14.3. The Labute approximate surface area is 176 Å². The minimum atomic E-state index is -1.66. The Balaban J connectivity index is 1.91. The lowest BCUT2D eigenvalue weighted by Crippen LogP contribution is -2.39. The molecule has 0 bridgehead atoms. The molecule has 2 unspecified atom stereocenters. The molecule has 2 fully saturated rings. The summed E-state index contributed by atoms with van der Waals surface area (Å²) in [6.07, 6.45) is 0.350. The zero-order chi connectivity index (χ0) is 22.0. The molecule has 3 rings (SSSR count). The van der Waals surface area contributed by atoms with Crippen LogP contribution in [0.1, 0.15) is 36.5 Å². The van der Waals surface area contributed by atoms with Crippen molar-refractivity contribution in [1.82, 2.24) is 4.90 Å². The molecule has 1 aromatic rings. The Kier molecular flexibility index (Phi) is 6.57. The molecule has 9 nitrogen and oxygen atoms in total. The van der Waals surface area contributed by atoms with Gasteiger partial charge in [-0.25, -0.2) is 23.7 Å². The summed E-state index contributed by atoms with van der Waals surface area (Å²) >= 11 is 5.97. The first kappa shape index (κ1) is 22.0. The maximum absolute atomic E-state index is 14.6. The fourth-order valence-electron chi connectivity index (χ4n) is 3.44. The molecule has 0 aromatic heterocycles. The lowest BCUT2D eigenvalue weighted by Gasteiger charge is -2.26. The summed E-state index contributed by atoms with van der Waals surface area (Å²) in [6, 6.07) is 0.439. The normalized spacial score (nSPS) is 19.5. The van der Waals surface area contributed by atoms with E-state index in [0.717, 1.165) is 32.1 Å². The quantitative estimate of drug-likeness (QED) is 0.379. The highest BCUT2D eigenvalue weighted by molar-refractivity contribution is 6.34. The Morgan fingerprint density at radius 1 is 1.30 bits per heavy atom. The third-order valence-electron chi connectivity index (χ3n) is 4.85. The van der Waals surface area contributed by atoms with Crippen molar-refractivity contribution in [3.63, 3.8) is 0 Å². The number of esters is 2. The van der Waals surface area contributed by atoms with Crippen LogP contribution >= 0.6 is 11.6 Å². The van der Waals surface area contributed by atoms with Gasteiger partial charge < -0.3 is 19.1 Å². The van der Waals surface area contributed by atoms with Gasteiger partial charge >= 0.3 is 24.3 Å². The molecule has 162 valence electrons. The van der Waals surface area contributed by atoms with Gasteiger partial charge in [-0.15, -0.1) is 0 Å². The first-order valence-corrected chi connectivity index (χ1v) is 9.72. The number of imide groups is 1. The summed E-state index contributed by atoms with van der Waals surface area (Å²) in [5.41, 5.74) is -0.759. The van der Waals surface area contributed by atoms with Crippen molar-refractivity contribution in [3.8, 4) is 0 Å². The molecule has 0 N–H and O–H groups in total. The molecule has 2 aliphatic rings. The van der Waals surface area contributed by atoms with Crippen LogP contribution in [0.15, 0.2) is 12.1 Å². The fourth-order valence-corrected chi connectivity index (χ4v) is 3.67. The number of urea groups is 1. The number of ether oxygens (including phenoxy) is 3. The highest BCUT2D eigenvalue weighted by Crippen LogP contribution is 2.34. The van der Waals surface area contributed by atoms with Gasteiger partial charge in [-0.3, -0.25) is 4.79 Å². The highest BCUT2D eigenvalue weighted by atomic mass is 35.5. The second-order valence-electron chi connectivity index (χ2n) is 6.67. The van der Waals surface area contributed by atoms with Crippen LogP contribution in [-0.2, 0) is 23.8 Å². The van der Waals surface area contributed by atoms with Crippen molar-refractivity contribution in [2.45, 2.75) is 38.5 Å². The number of piperidine rings is 1. The molecule has 0 radical (unpaired) electrons. The maximum Gasteiger partial charge on any atom is 0.376 e. The number of benzene rings is 1. The van der Waals surface area contributed by atoms with E-state index < -0.39 is 47.7 Å². The Bertz CT molecular complexity index is 870. The molecule has 30 heavy (non-hydrogen) atoms. The van der Waals surface area contributed by atoms with Crippen LogP contribution in [-0.4, -0.2) is 61.4 Å². The Morgan fingerprint density at radius 3 is 2.67 bits per heavy atom. The van der Waals surface area contributed by atoms with Gasteiger partial charge in [-0.05, 0) is 38.3 Å². The lowest BCUT2D eigenvalue weighted by atomic mass is 10.0. The van der Waals surface area contributed by atoms with Crippen LogP contribution < -0.4 is 4.90 Å². The molecular formula is C19H20ClFN2O7. The fraction of sp³-hybridized carbons (Fsp3) is 0.474. The number of anilines is 1. The van der Waals surface area contributed by atoms with Crippen molar-refractivity contribution >= 4 is 41.2 Å². The van der Waals surface area contributed by atoms with Gasteiger partial charge in [0.2, 0.25) is 0 Å². The SMILES string of the molecule is CCOC(=O)C(OC)OC(=O)c1cc(N2C(=O)C3CCCCN3C2=O)c(F)cc1Cl. The number of amides is 3. The van der Waals surface area contributed by atoms with Crippen LogP contribution in [0.2, 0.25) is 5.02 Å². The minimum absolute atomic E-state index is 0.0363. The monoisotopic (exact) mass is 442 g/mol. The van der Waals surface area contributed by atoms with E-state index in [9.17, 15) is 23.6 Å². The van der Waals surface area contributed by atoms with Gasteiger partial charge in [0, 0.05) is 13.7 Å². The molecule has 0 spiro atoms. The summed E-state index contributed by atoms with van der Waals surface area (Å²) in [5, 5.41) is -0.322. The Hall–Kier alpha value is -2.72. The molecular weight excluding hydrogens is 423 g/mol. The van der Waals surface area contributed by atoms with Gasteiger partial charge in [0.1, 0.15) is 11.9 Å². The van der Waals surface area contributed by atoms with E-state index in [2.05, 4.69) is 0 Å². The summed E-state index contributed by atoms with van der Waals surface area (Å²) in [7, 11) is 1.13. The molecule has 2 aliphatic heterocycles. The molecule has 2 atom stereocenters. The van der Waals surface area contributed by atoms with Crippen LogP contribution in [0.25, 0.3) is 0 Å². The van der Waals surface area contributed by atoms with Crippen molar-refractivity contribution in [2.24, 2.45) is 0 Å². The van der Waals surface area contributed by atoms with Gasteiger partial charge in [0.25, 0.3) is 5.91 Å². The number of rotatable bonds is 6. The standard InChI is InChI=1S/C19H20ClFN2O7/c1-3-29-17(26)18(28-2)30-16(25)10-8-14(12(21)9-11(10)20)23-15(24)13-6-4-5-7-22(13)19(23)27/h8-9,13,18H,3-7H2,1-2H3. The van der Waals surface area contributed by atoms with Crippen molar-refractivity contribution in [1.29, 1.82) is 0 Å². The number of carbonyl (C=O) groups excluding carboxylic acids is 4. The largest absolute Gasteiger partial charge is 0.461 e. The van der Waals surface area contributed by atoms with E-state index in [4.69, 9.17) is 25.8 Å². The first-order valence-electron chi connectivity index (χ1n) is 9.34. The average molecular weight is 443 g/mol. The number of nitrogens with zero attached hydrogens (tertiary/aromatic N) is 2. The molecule has 2 saturated heterocycles. The average Bonchev–Trinajstić information content (AvgIpc) is 2.97. The highest BCUT2D eigenvalue weighted by Gasteiger charge is 2.47. The molecule has 3 amide bonds. The van der Waals surface area contributed by atoms with Gasteiger partial charge in [-0.1, -0.05) is 11.6 Å². The van der Waals surface area contributed by atoms with E-state index in [1.54, 1.807) is 6.92 Å². The van der Waals surface area contributed by atoms with E-state index in [0.29, 0.717) is 17.9 Å². The molecule has 0 aliphatic carbocycles. The van der Waals surface area contributed by atoms with Gasteiger partial charge in [-0.2, -0.15) is 0 Å². The summed E-state index contributed by atoms with van der Waals surface area (Å²) in [5.74, 6) is -3.57. The molecule has 1 aromatic carbocycles. The lowest BCUT2D eigenvalue weighted by molar-refractivity contribution is -0.178. The maximum atomic E-state index is 14.6. The predicted octanol–water partition coefficient (Wildman–Crippen LogP) is 2.49. The summed E-state index contributed by atoms with van der Waals surface area (Å²) < 4.78 is 29.1. The molecule has 0 saturated carbocycles. The van der Waals surface area contributed by atoms with E-state index in [1.807, 2.05) is 0 Å². The van der Waals surface area contributed by atoms with Crippen molar-refractivity contribution < 1.29 is 37.8 Å².